The summed E-state index contributed by atoms with van der Waals surface area (Å²) in [5, 5.41) is 24.3. The van der Waals surface area contributed by atoms with E-state index in [0.717, 1.165) is 63.0 Å². The molecular formula is C44H28N4. The van der Waals surface area contributed by atoms with Gasteiger partial charge in [0.05, 0.1) is 39.4 Å². The van der Waals surface area contributed by atoms with E-state index < -0.39 is 0 Å². The SMILES string of the molecule is N#Cc1cc(-c2ccccc2-c2cccc(C#N)c2-n2c3c(c4ccccc42)C=CCC3)cc(-n2c3ccccc3c3ccccc32)c1. The van der Waals surface area contributed by atoms with Crippen LogP contribution in [0.25, 0.3) is 72.4 Å². The van der Waals surface area contributed by atoms with Crippen LogP contribution in [0.1, 0.15) is 28.8 Å². The molecule has 4 nitrogen and oxygen atoms in total. The maximum atomic E-state index is 10.5. The molecule has 8 aromatic rings. The van der Waals surface area contributed by atoms with Crippen LogP contribution in [0.5, 0.6) is 0 Å². The van der Waals surface area contributed by atoms with Crippen LogP contribution < -0.4 is 0 Å². The van der Waals surface area contributed by atoms with Crippen molar-refractivity contribution in [3.63, 3.8) is 0 Å². The quantitative estimate of drug-likeness (QED) is 0.199. The highest BCUT2D eigenvalue weighted by Gasteiger charge is 2.24. The van der Waals surface area contributed by atoms with Crippen LogP contribution >= 0.6 is 0 Å². The summed E-state index contributed by atoms with van der Waals surface area (Å²) in [5.74, 6) is 0. The molecule has 0 amide bonds. The fourth-order valence-corrected chi connectivity index (χ4v) is 7.65. The molecule has 0 fully saturated rings. The maximum absolute atomic E-state index is 10.5. The number of para-hydroxylation sites is 4. The molecule has 0 unspecified atom stereocenters. The molecule has 0 saturated carbocycles. The minimum absolute atomic E-state index is 0.586. The fraction of sp³-hybridized carbons (Fsp3) is 0.0455. The molecule has 2 heterocycles. The Kier molecular flexibility index (Phi) is 6.35. The predicted octanol–water partition coefficient (Wildman–Crippen LogP) is 10.8. The summed E-state index contributed by atoms with van der Waals surface area (Å²) in [6.07, 6.45) is 6.32. The number of nitrogens with zero attached hydrogens (tertiary/aromatic N) is 4. The van der Waals surface area contributed by atoms with Gasteiger partial charge in [0.2, 0.25) is 0 Å². The van der Waals surface area contributed by atoms with Gasteiger partial charge in [-0.15, -0.1) is 0 Å². The highest BCUT2D eigenvalue weighted by Crippen LogP contribution is 2.42. The highest BCUT2D eigenvalue weighted by atomic mass is 15.0. The molecule has 2 aromatic heterocycles. The molecule has 224 valence electrons. The second-order valence-electron chi connectivity index (χ2n) is 12.3. The third-order valence-electron chi connectivity index (χ3n) is 9.64. The Balaban J connectivity index is 1.31. The molecule has 4 heteroatoms. The van der Waals surface area contributed by atoms with E-state index in [1.54, 1.807) is 0 Å². The van der Waals surface area contributed by atoms with Crippen molar-refractivity contribution < 1.29 is 0 Å². The van der Waals surface area contributed by atoms with Crippen molar-refractivity contribution in [2.24, 2.45) is 0 Å². The summed E-state index contributed by atoms with van der Waals surface area (Å²) in [5.41, 5.74) is 12.7. The summed E-state index contributed by atoms with van der Waals surface area (Å²) >= 11 is 0. The first-order valence-electron chi connectivity index (χ1n) is 16.2. The maximum Gasteiger partial charge on any atom is 0.101 e. The molecule has 0 spiro atoms. The highest BCUT2D eigenvalue weighted by molar-refractivity contribution is 6.09. The van der Waals surface area contributed by atoms with Gasteiger partial charge in [0.1, 0.15) is 6.07 Å². The number of hydrogen-bond donors (Lipinski definition) is 0. The molecule has 0 atom stereocenters. The molecule has 0 N–H and O–H groups in total. The van der Waals surface area contributed by atoms with E-state index in [2.05, 4.69) is 137 Å². The summed E-state index contributed by atoms with van der Waals surface area (Å²) < 4.78 is 4.57. The topological polar surface area (TPSA) is 57.4 Å². The molecular weight excluding hydrogens is 585 g/mol. The van der Waals surface area contributed by atoms with E-state index in [1.807, 2.05) is 30.3 Å². The summed E-state index contributed by atoms with van der Waals surface area (Å²) in [6, 6.07) is 50.8. The lowest BCUT2D eigenvalue weighted by Gasteiger charge is -2.20. The predicted molar refractivity (Wildman–Crippen MR) is 195 cm³/mol. The first-order valence-corrected chi connectivity index (χ1v) is 16.2. The molecule has 1 aliphatic rings. The van der Waals surface area contributed by atoms with E-state index in [4.69, 9.17) is 0 Å². The van der Waals surface area contributed by atoms with Crippen molar-refractivity contribution in [1.82, 2.24) is 9.13 Å². The van der Waals surface area contributed by atoms with E-state index in [1.165, 1.54) is 27.4 Å². The Bertz CT molecular complexity index is 2650. The molecule has 0 aliphatic heterocycles. The van der Waals surface area contributed by atoms with Crippen molar-refractivity contribution in [2.45, 2.75) is 12.8 Å². The van der Waals surface area contributed by atoms with Crippen LogP contribution in [-0.2, 0) is 6.42 Å². The van der Waals surface area contributed by atoms with Crippen molar-refractivity contribution in [2.75, 3.05) is 0 Å². The summed E-state index contributed by atoms with van der Waals surface area (Å²) in [4.78, 5) is 0. The first kappa shape index (κ1) is 27.7. The first-order chi connectivity index (χ1) is 23.7. The van der Waals surface area contributed by atoms with Crippen LogP contribution in [0.3, 0.4) is 0 Å². The lowest BCUT2D eigenvalue weighted by Crippen LogP contribution is -2.07. The molecule has 6 aromatic carbocycles. The Labute approximate surface area is 278 Å². The minimum Gasteiger partial charge on any atom is -0.311 e. The van der Waals surface area contributed by atoms with Crippen LogP contribution in [0.2, 0.25) is 0 Å². The van der Waals surface area contributed by atoms with Gasteiger partial charge in [-0.05, 0) is 72.0 Å². The third-order valence-corrected chi connectivity index (χ3v) is 9.64. The summed E-state index contributed by atoms with van der Waals surface area (Å²) in [7, 11) is 0. The van der Waals surface area contributed by atoms with Gasteiger partial charge < -0.3 is 9.13 Å². The lowest BCUT2D eigenvalue weighted by atomic mass is 9.91. The zero-order chi connectivity index (χ0) is 32.2. The van der Waals surface area contributed by atoms with Gasteiger partial charge in [-0.25, -0.2) is 0 Å². The van der Waals surface area contributed by atoms with E-state index in [9.17, 15) is 10.5 Å². The number of aromatic nitrogens is 2. The van der Waals surface area contributed by atoms with Gasteiger partial charge in [0.25, 0.3) is 0 Å². The van der Waals surface area contributed by atoms with Gasteiger partial charge >= 0.3 is 0 Å². The average Bonchev–Trinajstić information content (AvgIpc) is 3.67. The van der Waals surface area contributed by atoms with Crippen LogP contribution in [0, 0.1) is 22.7 Å². The fourth-order valence-electron chi connectivity index (χ4n) is 7.65. The van der Waals surface area contributed by atoms with E-state index >= 15 is 0 Å². The number of benzene rings is 6. The smallest absolute Gasteiger partial charge is 0.101 e. The van der Waals surface area contributed by atoms with Gasteiger partial charge in [-0.1, -0.05) is 103 Å². The number of hydrogen-bond acceptors (Lipinski definition) is 2. The van der Waals surface area contributed by atoms with Gasteiger partial charge in [-0.2, -0.15) is 10.5 Å². The molecule has 0 bridgehead atoms. The van der Waals surface area contributed by atoms with E-state index in [-0.39, 0.29) is 0 Å². The van der Waals surface area contributed by atoms with Crippen molar-refractivity contribution in [3.8, 4) is 45.8 Å². The van der Waals surface area contributed by atoms with Crippen LogP contribution in [0.4, 0.5) is 0 Å². The standard InChI is InChI=1S/C44H28N4/c45-27-29-24-31(26-32(25-29)47-40-20-7-3-15-35(40)36-16-4-8-21-41(36)47)33-13-1-2-14-34(33)39-19-11-12-30(28-46)44(39)48-42-22-9-5-17-37(42)38-18-6-10-23-43(38)48/h1-9,11-22,24-26H,10,23H2. The molecule has 0 saturated heterocycles. The Hall–Kier alpha value is -6.62. The normalized spacial score (nSPS) is 12.3. The van der Waals surface area contributed by atoms with Crippen LogP contribution in [0.15, 0.2) is 140 Å². The van der Waals surface area contributed by atoms with Crippen molar-refractivity contribution in [1.29, 1.82) is 10.5 Å². The second kappa shape index (κ2) is 11.0. The number of rotatable bonds is 4. The number of allylic oxidation sites excluding steroid dienone is 1. The Morgan fingerprint density at radius 2 is 1.17 bits per heavy atom. The summed E-state index contributed by atoms with van der Waals surface area (Å²) in [6.45, 7) is 0. The Morgan fingerprint density at radius 3 is 1.88 bits per heavy atom. The monoisotopic (exact) mass is 612 g/mol. The largest absolute Gasteiger partial charge is 0.311 e. The third kappa shape index (κ3) is 4.14. The van der Waals surface area contributed by atoms with Crippen LogP contribution in [-0.4, -0.2) is 9.13 Å². The zero-order valence-electron chi connectivity index (χ0n) is 26.1. The molecule has 1 aliphatic carbocycles. The lowest BCUT2D eigenvalue weighted by molar-refractivity contribution is 0.888. The number of nitriles is 2. The molecule has 0 radical (unpaired) electrons. The van der Waals surface area contributed by atoms with E-state index in [0.29, 0.717) is 11.1 Å². The Morgan fingerprint density at radius 1 is 0.542 bits per heavy atom. The van der Waals surface area contributed by atoms with Gasteiger partial charge in [0.15, 0.2) is 0 Å². The molecule has 9 rings (SSSR count). The zero-order valence-corrected chi connectivity index (χ0v) is 26.1. The van der Waals surface area contributed by atoms with Gasteiger partial charge in [0, 0.05) is 38.7 Å². The average molecular weight is 613 g/mol. The van der Waals surface area contributed by atoms with Crippen molar-refractivity contribution in [3.05, 3.63) is 162 Å². The second-order valence-corrected chi connectivity index (χ2v) is 12.3. The minimum atomic E-state index is 0.586. The number of fused-ring (bicyclic) bond motifs is 6. The van der Waals surface area contributed by atoms with Gasteiger partial charge in [-0.3, -0.25) is 0 Å². The van der Waals surface area contributed by atoms with Crippen molar-refractivity contribution >= 4 is 38.8 Å². The molecule has 48 heavy (non-hydrogen) atoms.